The molecule has 0 aromatic heterocycles. The largest absolute Gasteiger partial charge is 0.491 e. The van der Waals surface area contributed by atoms with Crippen LogP contribution in [-0.2, 0) is 4.79 Å². The van der Waals surface area contributed by atoms with Crippen LogP contribution in [-0.4, -0.2) is 54.3 Å². The zero-order valence-corrected chi connectivity index (χ0v) is 14.3. The number of nitrogens with zero attached hydrogens (tertiary/aromatic N) is 1. The number of benzene rings is 1. The molecule has 5 nitrogen and oxygen atoms in total. The summed E-state index contributed by atoms with van der Waals surface area (Å²) in [6.45, 7) is 8.33. The summed E-state index contributed by atoms with van der Waals surface area (Å²) >= 11 is 0. The van der Waals surface area contributed by atoms with Crippen LogP contribution in [0.4, 0.5) is 0 Å². The summed E-state index contributed by atoms with van der Waals surface area (Å²) < 4.78 is 5.71. The number of piperidine rings is 1. The van der Waals surface area contributed by atoms with Crippen LogP contribution in [0.1, 0.15) is 30.9 Å². The number of aliphatic hydroxyl groups is 1. The van der Waals surface area contributed by atoms with Crippen LogP contribution in [0.25, 0.3) is 0 Å². The number of carbonyl (C=O) groups is 1. The molecule has 1 aromatic carbocycles. The fraction of sp³-hybridized carbons (Fsp3) is 0.611. The van der Waals surface area contributed by atoms with Crippen molar-refractivity contribution in [3.63, 3.8) is 0 Å². The molecule has 2 rings (SSSR count). The van der Waals surface area contributed by atoms with E-state index in [1.165, 1.54) is 0 Å². The Labute approximate surface area is 138 Å². The molecule has 128 valence electrons. The number of rotatable bonds is 6. The van der Waals surface area contributed by atoms with Crippen molar-refractivity contribution in [2.24, 2.45) is 0 Å². The maximum atomic E-state index is 11.1. The Balaban J connectivity index is 1.71. The lowest BCUT2D eigenvalue weighted by atomic mass is 10.0. The minimum absolute atomic E-state index is 0.0327. The Hall–Kier alpha value is -1.59. The monoisotopic (exact) mass is 320 g/mol. The third-order valence-corrected chi connectivity index (χ3v) is 4.10. The van der Waals surface area contributed by atoms with Crippen LogP contribution >= 0.6 is 0 Å². The molecule has 0 bridgehead atoms. The normalized spacial score (nSPS) is 17.7. The number of carbonyl (C=O) groups excluding carboxylic acids is 1. The van der Waals surface area contributed by atoms with Crippen molar-refractivity contribution in [2.45, 2.75) is 45.8 Å². The molecular formula is C18H28N2O3. The summed E-state index contributed by atoms with van der Waals surface area (Å²) in [4.78, 5) is 13.3. The first kappa shape index (κ1) is 17.8. The molecule has 0 saturated carbocycles. The van der Waals surface area contributed by atoms with Gasteiger partial charge in [0.2, 0.25) is 5.91 Å². The lowest BCUT2D eigenvalue weighted by molar-refractivity contribution is -0.120. The second-order valence-electron chi connectivity index (χ2n) is 6.56. The molecule has 1 fully saturated rings. The molecule has 1 heterocycles. The molecule has 1 aromatic rings. The van der Waals surface area contributed by atoms with E-state index in [1.54, 1.807) is 6.92 Å². The number of nitrogens with one attached hydrogen (secondary N) is 1. The average molecular weight is 320 g/mol. The number of β-amino-alcohol motifs (C(OH)–C–C–N with tert-alkyl or cyclic N) is 1. The van der Waals surface area contributed by atoms with Crippen molar-refractivity contribution in [1.82, 2.24) is 10.2 Å². The Morgan fingerprint density at radius 1 is 1.30 bits per heavy atom. The summed E-state index contributed by atoms with van der Waals surface area (Å²) in [6.07, 6.45) is 1.36. The van der Waals surface area contributed by atoms with Crippen molar-refractivity contribution in [3.8, 4) is 5.75 Å². The van der Waals surface area contributed by atoms with Gasteiger partial charge in [-0.15, -0.1) is 0 Å². The van der Waals surface area contributed by atoms with Crippen molar-refractivity contribution in [2.75, 3.05) is 26.2 Å². The lowest BCUT2D eigenvalue weighted by Crippen LogP contribution is -2.46. The van der Waals surface area contributed by atoms with Crippen LogP contribution in [0.15, 0.2) is 18.2 Å². The highest BCUT2D eigenvalue weighted by atomic mass is 16.5. The summed E-state index contributed by atoms with van der Waals surface area (Å²) in [5.41, 5.74) is 2.32. The molecule has 1 atom stereocenters. The zero-order chi connectivity index (χ0) is 16.8. The lowest BCUT2D eigenvalue weighted by Gasteiger charge is -2.33. The van der Waals surface area contributed by atoms with E-state index in [2.05, 4.69) is 16.3 Å². The smallest absolute Gasteiger partial charge is 0.217 e. The molecule has 2 N–H and O–H groups in total. The highest BCUT2D eigenvalue weighted by Gasteiger charge is 2.21. The van der Waals surface area contributed by atoms with E-state index >= 15 is 0 Å². The van der Waals surface area contributed by atoms with E-state index in [9.17, 15) is 9.90 Å². The maximum Gasteiger partial charge on any atom is 0.217 e. The van der Waals surface area contributed by atoms with Crippen molar-refractivity contribution >= 4 is 5.91 Å². The fourth-order valence-electron chi connectivity index (χ4n) is 3.11. The summed E-state index contributed by atoms with van der Waals surface area (Å²) in [6, 6.07) is 6.34. The van der Waals surface area contributed by atoms with Gasteiger partial charge in [0.1, 0.15) is 18.5 Å². The Kier molecular flexibility index (Phi) is 6.42. The molecule has 0 aliphatic carbocycles. The highest BCUT2D eigenvalue weighted by Crippen LogP contribution is 2.17. The average Bonchev–Trinajstić information content (AvgIpc) is 2.46. The minimum atomic E-state index is -0.506. The molecule has 5 heteroatoms. The van der Waals surface area contributed by atoms with E-state index in [0.29, 0.717) is 13.2 Å². The third kappa shape index (κ3) is 6.20. The van der Waals surface area contributed by atoms with Crippen LogP contribution in [0.3, 0.4) is 0 Å². The van der Waals surface area contributed by atoms with Crippen molar-refractivity contribution < 1.29 is 14.6 Å². The van der Waals surface area contributed by atoms with Gasteiger partial charge in [-0.1, -0.05) is 6.07 Å². The summed E-state index contributed by atoms with van der Waals surface area (Å²) in [5, 5.41) is 13.1. The van der Waals surface area contributed by atoms with Crippen LogP contribution in [0.2, 0.25) is 0 Å². The first-order valence-corrected chi connectivity index (χ1v) is 8.31. The highest BCUT2D eigenvalue weighted by molar-refractivity contribution is 5.73. The summed E-state index contributed by atoms with van der Waals surface area (Å²) in [5.74, 6) is 0.844. The molecule has 1 aliphatic rings. The van der Waals surface area contributed by atoms with Crippen LogP contribution in [0, 0.1) is 13.8 Å². The number of hydrogen-bond acceptors (Lipinski definition) is 4. The van der Waals surface area contributed by atoms with E-state index in [1.807, 2.05) is 26.0 Å². The third-order valence-electron chi connectivity index (χ3n) is 4.10. The van der Waals surface area contributed by atoms with Crippen LogP contribution in [0.5, 0.6) is 5.75 Å². The zero-order valence-electron chi connectivity index (χ0n) is 14.3. The topological polar surface area (TPSA) is 61.8 Å². The Morgan fingerprint density at radius 2 is 1.91 bits per heavy atom. The predicted octanol–water partition coefficient (Wildman–Crippen LogP) is 1.64. The first-order valence-electron chi connectivity index (χ1n) is 8.31. The molecule has 1 aliphatic heterocycles. The molecule has 1 amide bonds. The minimum Gasteiger partial charge on any atom is -0.491 e. The predicted molar refractivity (Wildman–Crippen MR) is 90.7 cm³/mol. The number of likely N-dealkylation sites (tertiary alicyclic amines) is 1. The Morgan fingerprint density at radius 3 is 2.48 bits per heavy atom. The molecule has 0 spiro atoms. The second-order valence-corrected chi connectivity index (χ2v) is 6.56. The van der Waals surface area contributed by atoms with Gasteiger partial charge in [-0.3, -0.25) is 4.79 Å². The fourth-order valence-corrected chi connectivity index (χ4v) is 3.11. The van der Waals surface area contributed by atoms with Crippen molar-refractivity contribution in [3.05, 3.63) is 29.3 Å². The van der Waals surface area contributed by atoms with Gasteiger partial charge in [0.25, 0.3) is 0 Å². The number of ether oxygens (including phenoxy) is 1. The molecule has 1 saturated heterocycles. The number of aliphatic hydroxyl groups excluding tert-OH is 1. The van der Waals surface area contributed by atoms with E-state index < -0.39 is 6.10 Å². The van der Waals surface area contributed by atoms with Gasteiger partial charge in [-0.25, -0.2) is 0 Å². The van der Waals surface area contributed by atoms with Crippen LogP contribution < -0.4 is 10.1 Å². The molecular weight excluding hydrogens is 292 g/mol. The second kappa shape index (κ2) is 8.31. The van der Waals surface area contributed by atoms with Gasteiger partial charge in [0.15, 0.2) is 0 Å². The van der Waals surface area contributed by atoms with Gasteiger partial charge in [0, 0.05) is 32.6 Å². The van der Waals surface area contributed by atoms with Gasteiger partial charge < -0.3 is 20.1 Å². The summed E-state index contributed by atoms with van der Waals surface area (Å²) in [7, 11) is 0. The standard InChI is InChI=1S/C18H28N2O3/c1-13-8-14(2)10-18(9-13)23-12-17(22)11-20-6-4-16(5-7-20)19-15(3)21/h8-10,16-17,22H,4-7,11-12H2,1-3H3,(H,19,21). The molecule has 23 heavy (non-hydrogen) atoms. The molecule has 0 radical (unpaired) electrons. The quantitative estimate of drug-likeness (QED) is 0.836. The van der Waals surface area contributed by atoms with Gasteiger partial charge >= 0.3 is 0 Å². The van der Waals surface area contributed by atoms with E-state index in [4.69, 9.17) is 4.74 Å². The first-order chi connectivity index (χ1) is 10.9. The Bertz CT molecular complexity index is 505. The maximum absolute atomic E-state index is 11.1. The van der Waals surface area contributed by atoms with E-state index in [-0.39, 0.29) is 11.9 Å². The SMILES string of the molecule is CC(=O)NC1CCN(CC(O)COc2cc(C)cc(C)c2)CC1. The number of hydrogen-bond donors (Lipinski definition) is 2. The van der Waals surface area contributed by atoms with Gasteiger partial charge in [0.05, 0.1) is 0 Å². The van der Waals surface area contributed by atoms with Gasteiger partial charge in [-0.05, 0) is 49.9 Å². The molecule has 1 unspecified atom stereocenters. The number of aryl methyl sites for hydroxylation is 2. The number of amides is 1. The van der Waals surface area contributed by atoms with Gasteiger partial charge in [-0.2, -0.15) is 0 Å². The van der Waals surface area contributed by atoms with E-state index in [0.717, 1.165) is 42.8 Å². The van der Waals surface area contributed by atoms with Crippen molar-refractivity contribution in [1.29, 1.82) is 0 Å².